The highest BCUT2D eigenvalue weighted by molar-refractivity contribution is 7.88. The molecule has 0 aromatic rings. The second-order valence-corrected chi connectivity index (χ2v) is 8.60. The highest BCUT2D eigenvalue weighted by atomic mass is 35.5. The normalized spacial score (nSPS) is 34.7. The van der Waals surface area contributed by atoms with Crippen LogP contribution in [-0.2, 0) is 14.8 Å². The van der Waals surface area contributed by atoms with Gasteiger partial charge < -0.3 is 4.90 Å². The molecular weight excluding hydrogens is 299 g/mol. The molecule has 1 saturated heterocycles. The van der Waals surface area contributed by atoms with Crippen molar-refractivity contribution < 1.29 is 13.2 Å². The highest BCUT2D eigenvalue weighted by Crippen LogP contribution is 2.64. The first kappa shape index (κ1) is 14.4. The van der Waals surface area contributed by atoms with Crippen LogP contribution >= 0.6 is 23.2 Å². The lowest BCUT2D eigenvalue weighted by Gasteiger charge is -2.21. The van der Waals surface area contributed by atoms with E-state index < -0.39 is 19.8 Å². The van der Waals surface area contributed by atoms with Crippen LogP contribution in [0.2, 0.25) is 0 Å². The minimum Gasteiger partial charge on any atom is -0.340 e. The summed E-state index contributed by atoms with van der Waals surface area (Å²) in [6, 6.07) is -0.216. The number of alkyl halides is 2. The highest BCUT2D eigenvalue weighted by Gasteiger charge is 2.69. The zero-order valence-corrected chi connectivity index (χ0v) is 12.6. The predicted molar refractivity (Wildman–Crippen MR) is 70.1 cm³/mol. The fourth-order valence-corrected chi connectivity index (χ4v) is 3.82. The maximum atomic E-state index is 12.2. The Kier molecular flexibility index (Phi) is 3.38. The van der Waals surface area contributed by atoms with Gasteiger partial charge in [0.25, 0.3) is 0 Å². The first-order valence-electron chi connectivity index (χ1n) is 5.70. The molecule has 0 radical (unpaired) electrons. The molecule has 2 rings (SSSR count). The summed E-state index contributed by atoms with van der Waals surface area (Å²) in [6.45, 7) is 2.66. The molecule has 8 heteroatoms. The molecule has 104 valence electrons. The molecule has 1 N–H and O–H groups in total. The van der Waals surface area contributed by atoms with E-state index in [0.29, 0.717) is 25.9 Å². The molecule has 1 aliphatic heterocycles. The molecule has 2 aliphatic rings. The fraction of sp³-hybridized carbons (Fsp3) is 0.900. The Morgan fingerprint density at radius 1 is 1.44 bits per heavy atom. The van der Waals surface area contributed by atoms with Gasteiger partial charge in [-0.3, -0.25) is 4.79 Å². The van der Waals surface area contributed by atoms with E-state index in [1.165, 1.54) is 0 Å². The number of sulfonamides is 1. The van der Waals surface area contributed by atoms with Gasteiger partial charge in [-0.2, -0.15) is 0 Å². The lowest BCUT2D eigenvalue weighted by Crippen LogP contribution is -2.40. The molecule has 1 heterocycles. The Labute approximate surface area is 117 Å². The standard InChI is InChI=1S/C10H16Cl2N2O3S/c1-9(6-10(9,11)12)8(15)14-4-3-7(5-14)13-18(2,16)17/h7,13H,3-6H2,1-2H3. The maximum absolute atomic E-state index is 12.2. The van der Waals surface area contributed by atoms with Crippen LogP contribution in [0.5, 0.6) is 0 Å². The third-order valence-corrected chi connectivity index (χ3v) is 5.45. The zero-order chi connectivity index (χ0) is 13.8. The van der Waals surface area contributed by atoms with Gasteiger partial charge in [0.1, 0.15) is 4.33 Å². The van der Waals surface area contributed by atoms with Crippen LogP contribution in [0.3, 0.4) is 0 Å². The maximum Gasteiger partial charge on any atom is 0.231 e. The summed E-state index contributed by atoms with van der Waals surface area (Å²) >= 11 is 11.9. The third kappa shape index (κ3) is 2.61. The second-order valence-electron chi connectivity index (χ2n) is 5.34. The van der Waals surface area contributed by atoms with Gasteiger partial charge in [0.2, 0.25) is 15.9 Å². The quantitative estimate of drug-likeness (QED) is 0.781. The van der Waals surface area contributed by atoms with Crippen LogP contribution in [0.15, 0.2) is 0 Å². The van der Waals surface area contributed by atoms with Crippen molar-refractivity contribution in [3.8, 4) is 0 Å². The largest absolute Gasteiger partial charge is 0.340 e. The molecule has 18 heavy (non-hydrogen) atoms. The summed E-state index contributed by atoms with van der Waals surface area (Å²) < 4.78 is 23.8. The number of rotatable bonds is 3. The molecule has 0 aromatic heterocycles. The lowest BCUT2D eigenvalue weighted by molar-refractivity contribution is -0.135. The van der Waals surface area contributed by atoms with E-state index in [0.717, 1.165) is 6.26 Å². The van der Waals surface area contributed by atoms with Gasteiger partial charge in [-0.1, -0.05) is 0 Å². The number of nitrogens with one attached hydrogen (secondary N) is 1. The molecule has 1 saturated carbocycles. The Bertz CT molecular complexity index is 480. The molecule has 1 aliphatic carbocycles. The van der Waals surface area contributed by atoms with Crippen LogP contribution < -0.4 is 4.72 Å². The van der Waals surface area contributed by atoms with Gasteiger partial charge in [0.05, 0.1) is 11.7 Å². The molecule has 0 spiro atoms. The van der Waals surface area contributed by atoms with Crippen molar-refractivity contribution in [3.05, 3.63) is 0 Å². The van der Waals surface area contributed by atoms with Gasteiger partial charge in [-0.15, -0.1) is 23.2 Å². The fourth-order valence-electron chi connectivity index (χ4n) is 2.32. The molecule has 2 fully saturated rings. The number of carbonyl (C=O) groups excluding carboxylic acids is 1. The number of hydrogen-bond donors (Lipinski definition) is 1. The van der Waals surface area contributed by atoms with E-state index in [4.69, 9.17) is 23.2 Å². The van der Waals surface area contributed by atoms with Gasteiger partial charge in [0.15, 0.2) is 0 Å². The summed E-state index contributed by atoms with van der Waals surface area (Å²) in [5.74, 6) is -0.0923. The second kappa shape index (κ2) is 4.23. The lowest BCUT2D eigenvalue weighted by atomic mass is 10.1. The van der Waals surface area contributed by atoms with Crippen molar-refractivity contribution >= 4 is 39.1 Å². The molecule has 0 bridgehead atoms. The van der Waals surface area contributed by atoms with Crippen molar-refractivity contribution in [2.45, 2.75) is 30.1 Å². The number of amides is 1. The Morgan fingerprint density at radius 2 is 2.00 bits per heavy atom. The minimum atomic E-state index is -3.24. The average molecular weight is 315 g/mol. The van der Waals surface area contributed by atoms with Crippen molar-refractivity contribution in [2.75, 3.05) is 19.3 Å². The summed E-state index contributed by atoms with van der Waals surface area (Å²) in [5, 5.41) is 0. The van der Waals surface area contributed by atoms with E-state index in [9.17, 15) is 13.2 Å². The molecule has 1 amide bonds. The summed E-state index contributed by atoms with van der Waals surface area (Å²) in [5.41, 5.74) is -0.726. The van der Waals surface area contributed by atoms with Crippen LogP contribution in [0.1, 0.15) is 19.8 Å². The Hall–Kier alpha value is -0.0400. The summed E-state index contributed by atoms with van der Waals surface area (Å²) in [4.78, 5) is 13.9. The molecule has 0 aromatic carbocycles. The van der Waals surface area contributed by atoms with Crippen LogP contribution in [0, 0.1) is 5.41 Å². The first-order valence-corrected chi connectivity index (χ1v) is 8.34. The van der Waals surface area contributed by atoms with Gasteiger partial charge in [-0.05, 0) is 19.8 Å². The van der Waals surface area contributed by atoms with E-state index >= 15 is 0 Å². The third-order valence-electron chi connectivity index (χ3n) is 3.59. The van der Waals surface area contributed by atoms with E-state index in [1.807, 2.05) is 0 Å². The number of nitrogens with zero attached hydrogens (tertiary/aromatic N) is 1. The Balaban J connectivity index is 1.96. The van der Waals surface area contributed by atoms with Crippen LogP contribution in [-0.4, -0.2) is 48.9 Å². The van der Waals surface area contributed by atoms with Gasteiger partial charge >= 0.3 is 0 Å². The van der Waals surface area contributed by atoms with Crippen molar-refractivity contribution in [1.29, 1.82) is 0 Å². The molecular formula is C10H16Cl2N2O3S. The van der Waals surface area contributed by atoms with E-state index in [2.05, 4.69) is 4.72 Å². The SMILES string of the molecule is CC1(C(=O)N2CCC(NS(C)(=O)=O)C2)CC1(Cl)Cl. The van der Waals surface area contributed by atoms with Crippen LogP contribution in [0.25, 0.3) is 0 Å². The molecule has 2 unspecified atom stereocenters. The number of halogens is 2. The first-order chi connectivity index (χ1) is 8.05. The van der Waals surface area contributed by atoms with Crippen LogP contribution in [0.4, 0.5) is 0 Å². The topological polar surface area (TPSA) is 66.5 Å². The van der Waals surface area contributed by atoms with Crippen molar-refractivity contribution in [3.63, 3.8) is 0 Å². The van der Waals surface area contributed by atoms with Crippen molar-refractivity contribution in [1.82, 2.24) is 9.62 Å². The predicted octanol–water partition coefficient (Wildman–Crippen LogP) is 0.720. The number of carbonyl (C=O) groups is 1. The number of hydrogen-bond acceptors (Lipinski definition) is 3. The molecule has 2 atom stereocenters. The Morgan fingerprint density at radius 3 is 2.44 bits per heavy atom. The smallest absolute Gasteiger partial charge is 0.231 e. The summed E-state index contributed by atoms with van der Waals surface area (Å²) in [7, 11) is -3.24. The van der Waals surface area contributed by atoms with Gasteiger partial charge in [-0.25, -0.2) is 13.1 Å². The monoisotopic (exact) mass is 314 g/mol. The average Bonchev–Trinajstić information content (AvgIpc) is 2.59. The zero-order valence-electron chi connectivity index (χ0n) is 10.2. The van der Waals surface area contributed by atoms with E-state index in [-0.39, 0.29) is 11.9 Å². The minimum absolute atomic E-state index is 0.0923. The number of likely N-dealkylation sites (tertiary alicyclic amines) is 1. The van der Waals surface area contributed by atoms with Crippen molar-refractivity contribution in [2.24, 2.45) is 5.41 Å². The molecule has 5 nitrogen and oxygen atoms in total. The van der Waals surface area contributed by atoms with E-state index in [1.54, 1.807) is 11.8 Å². The van der Waals surface area contributed by atoms with Gasteiger partial charge in [0, 0.05) is 19.1 Å². The summed E-state index contributed by atoms with van der Waals surface area (Å²) in [6.07, 6.45) is 2.18.